The van der Waals surface area contributed by atoms with E-state index in [9.17, 15) is 4.79 Å². The van der Waals surface area contributed by atoms with Crippen LogP contribution in [0, 0.1) is 0 Å². The first-order valence-corrected chi connectivity index (χ1v) is 6.30. The molecule has 0 heterocycles. The first kappa shape index (κ1) is 14.7. The lowest BCUT2D eigenvalue weighted by Gasteiger charge is -2.26. The van der Waals surface area contributed by atoms with Gasteiger partial charge in [-0.3, -0.25) is 0 Å². The second-order valence-electron chi connectivity index (χ2n) is 6.75. The number of hydrogen-bond donors (Lipinski definition) is 0. The van der Waals surface area contributed by atoms with Crippen molar-refractivity contribution >= 4 is 5.97 Å². The maximum atomic E-state index is 11.8. The lowest BCUT2D eigenvalue weighted by atomic mass is 9.78. The number of carbonyl (C=O) groups is 1. The van der Waals surface area contributed by atoms with Crippen molar-refractivity contribution in [2.24, 2.45) is 0 Å². The Morgan fingerprint density at radius 1 is 1.00 bits per heavy atom. The third-order valence-electron chi connectivity index (χ3n) is 3.10. The maximum Gasteiger partial charge on any atom is 0.338 e. The van der Waals surface area contributed by atoms with Crippen LogP contribution in [0.15, 0.2) is 18.2 Å². The second-order valence-corrected chi connectivity index (χ2v) is 6.75. The zero-order valence-electron chi connectivity index (χ0n) is 12.5. The van der Waals surface area contributed by atoms with Gasteiger partial charge in [-0.05, 0) is 28.0 Å². The predicted molar refractivity (Wildman–Crippen MR) is 75.2 cm³/mol. The average molecular weight is 248 g/mol. The molecule has 0 aliphatic carbocycles. The monoisotopic (exact) mass is 248 g/mol. The molecule has 1 aromatic rings. The molecule has 0 atom stereocenters. The maximum absolute atomic E-state index is 11.8. The van der Waals surface area contributed by atoms with E-state index in [1.165, 1.54) is 12.7 Å². The summed E-state index contributed by atoms with van der Waals surface area (Å²) in [6, 6.07) is 6.03. The molecule has 18 heavy (non-hydrogen) atoms. The van der Waals surface area contributed by atoms with E-state index in [0.717, 1.165) is 5.56 Å². The van der Waals surface area contributed by atoms with Gasteiger partial charge in [-0.1, -0.05) is 53.7 Å². The molecule has 0 bridgehead atoms. The topological polar surface area (TPSA) is 26.3 Å². The van der Waals surface area contributed by atoms with Crippen LogP contribution in [0.5, 0.6) is 0 Å². The quantitative estimate of drug-likeness (QED) is 0.700. The predicted octanol–water partition coefficient (Wildman–Crippen LogP) is 4.07. The molecule has 0 N–H and O–H groups in total. The minimum absolute atomic E-state index is 0.0780. The van der Waals surface area contributed by atoms with Crippen LogP contribution in [0.25, 0.3) is 0 Å². The van der Waals surface area contributed by atoms with E-state index >= 15 is 0 Å². The van der Waals surface area contributed by atoms with Crippen LogP contribution in [-0.4, -0.2) is 13.1 Å². The largest absolute Gasteiger partial charge is 0.465 e. The van der Waals surface area contributed by atoms with E-state index in [1.54, 1.807) is 0 Å². The average Bonchev–Trinajstić information content (AvgIpc) is 2.24. The molecule has 0 saturated heterocycles. The highest BCUT2D eigenvalue weighted by molar-refractivity contribution is 5.91. The summed E-state index contributed by atoms with van der Waals surface area (Å²) in [4.78, 5) is 11.8. The molecule has 0 aromatic heterocycles. The van der Waals surface area contributed by atoms with E-state index in [4.69, 9.17) is 4.74 Å². The molecule has 100 valence electrons. The van der Waals surface area contributed by atoms with E-state index in [0.29, 0.717) is 5.56 Å². The number of ether oxygens (including phenoxy) is 1. The molecule has 2 nitrogen and oxygen atoms in total. The SMILES string of the molecule is COC(=O)c1ccc(C(C)(C)C)cc1C(C)(C)C. The molecule has 1 rings (SSSR count). The van der Waals surface area contributed by atoms with Gasteiger partial charge in [0.2, 0.25) is 0 Å². The van der Waals surface area contributed by atoms with Crippen LogP contribution in [-0.2, 0) is 15.6 Å². The summed E-state index contributed by atoms with van der Waals surface area (Å²) in [5.41, 5.74) is 2.94. The van der Waals surface area contributed by atoms with Crippen LogP contribution in [0.2, 0.25) is 0 Å². The van der Waals surface area contributed by atoms with Gasteiger partial charge < -0.3 is 4.74 Å². The van der Waals surface area contributed by atoms with E-state index in [2.05, 4.69) is 47.6 Å². The first-order chi connectivity index (χ1) is 8.07. The summed E-state index contributed by atoms with van der Waals surface area (Å²) in [5, 5.41) is 0. The van der Waals surface area contributed by atoms with Crippen molar-refractivity contribution in [2.45, 2.75) is 52.4 Å². The fourth-order valence-electron chi connectivity index (χ4n) is 1.92. The van der Waals surface area contributed by atoms with Crippen molar-refractivity contribution in [1.82, 2.24) is 0 Å². The Balaban J connectivity index is 3.44. The summed E-state index contributed by atoms with van der Waals surface area (Å²) in [5.74, 6) is -0.264. The molecule has 0 saturated carbocycles. The highest BCUT2D eigenvalue weighted by Crippen LogP contribution is 2.31. The van der Waals surface area contributed by atoms with Gasteiger partial charge in [-0.25, -0.2) is 4.79 Å². The number of methoxy groups -OCH3 is 1. The number of hydrogen-bond acceptors (Lipinski definition) is 2. The van der Waals surface area contributed by atoms with Crippen molar-refractivity contribution in [3.8, 4) is 0 Å². The van der Waals surface area contributed by atoms with Crippen LogP contribution in [0.3, 0.4) is 0 Å². The summed E-state index contributed by atoms with van der Waals surface area (Å²) >= 11 is 0. The number of rotatable bonds is 1. The lowest BCUT2D eigenvalue weighted by Crippen LogP contribution is -2.20. The fraction of sp³-hybridized carbons (Fsp3) is 0.562. The Kier molecular flexibility index (Phi) is 3.89. The van der Waals surface area contributed by atoms with Crippen LogP contribution >= 0.6 is 0 Å². The lowest BCUT2D eigenvalue weighted by molar-refractivity contribution is 0.0598. The summed E-state index contributed by atoms with van der Waals surface area (Å²) in [6.45, 7) is 12.9. The fourth-order valence-corrected chi connectivity index (χ4v) is 1.92. The van der Waals surface area contributed by atoms with Gasteiger partial charge in [-0.2, -0.15) is 0 Å². The van der Waals surface area contributed by atoms with Gasteiger partial charge in [0.1, 0.15) is 0 Å². The number of esters is 1. The zero-order valence-corrected chi connectivity index (χ0v) is 12.5. The van der Waals surface area contributed by atoms with Crippen molar-refractivity contribution < 1.29 is 9.53 Å². The Hall–Kier alpha value is -1.31. The van der Waals surface area contributed by atoms with Crippen molar-refractivity contribution in [2.75, 3.05) is 7.11 Å². The van der Waals surface area contributed by atoms with Crippen LogP contribution in [0.1, 0.15) is 63.0 Å². The van der Waals surface area contributed by atoms with Gasteiger partial charge in [0.05, 0.1) is 12.7 Å². The van der Waals surface area contributed by atoms with E-state index in [1.807, 2.05) is 12.1 Å². The summed E-state index contributed by atoms with van der Waals surface area (Å²) in [7, 11) is 1.42. The number of carbonyl (C=O) groups excluding carboxylic acids is 1. The Bertz CT molecular complexity index is 445. The molecule has 2 heteroatoms. The standard InChI is InChI=1S/C16H24O2/c1-15(2,3)11-8-9-12(14(17)18-7)13(10-11)16(4,5)6/h8-10H,1-7H3. The first-order valence-electron chi connectivity index (χ1n) is 6.30. The normalized spacial score (nSPS) is 12.4. The van der Waals surface area contributed by atoms with Crippen LogP contribution in [0.4, 0.5) is 0 Å². The molecule has 0 fully saturated rings. The highest BCUT2D eigenvalue weighted by Gasteiger charge is 2.25. The molecule has 0 radical (unpaired) electrons. The molecular weight excluding hydrogens is 224 g/mol. The highest BCUT2D eigenvalue weighted by atomic mass is 16.5. The van der Waals surface area contributed by atoms with Crippen LogP contribution < -0.4 is 0 Å². The molecule has 1 aromatic carbocycles. The van der Waals surface area contributed by atoms with E-state index < -0.39 is 0 Å². The molecule has 0 unspecified atom stereocenters. The molecule has 0 aliphatic heterocycles. The van der Waals surface area contributed by atoms with E-state index in [-0.39, 0.29) is 16.8 Å². The molecule has 0 spiro atoms. The third kappa shape index (κ3) is 3.12. The van der Waals surface area contributed by atoms with Gasteiger partial charge in [0, 0.05) is 0 Å². The second kappa shape index (κ2) is 4.75. The molecule has 0 aliphatic rings. The minimum Gasteiger partial charge on any atom is -0.465 e. The Morgan fingerprint density at radius 2 is 1.56 bits per heavy atom. The molecule has 0 amide bonds. The third-order valence-corrected chi connectivity index (χ3v) is 3.10. The van der Waals surface area contributed by atoms with Gasteiger partial charge in [0.25, 0.3) is 0 Å². The molecular formula is C16H24O2. The summed E-state index contributed by atoms with van der Waals surface area (Å²) < 4.78 is 4.86. The smallest absolute Gasteiger partial charge is 0.338 e. The van der Waals surface area contributed by atoms with Crippen molar-refractivity contribution in [3.63, 3.8) is 0 Å². The van der Waals surface area contributed by atoms with Crippen molar-refractivity contribution in [1.29, 1.82) is 0 Å². The Labute approximate surface area is 110 Å². The zero-order chi connectivity index (χ0) is 14.1. The van der Waals surface area contributed by atoms with Gasteiger partial charge in [0.15, 0.2) is 0 Å². The van der Waals surface area contributed by atoms with Crippen molar-refractivity contribution in [3.05, 3.63) is 34.9 Å². The Morgan fingerprint density at radius 3 is 1.94 bits per heavy atom. The summed E-state index contributed by atoms with van der Waals surface area (Å²) in [6.07, 6.45) is 0. The van der Waals surface area contributed by atoms with Gasteiger partial charge >= 0.3 is 5.97 Å². The van der Waals surface area contributed by atoms with Gasteiger partial charge in [-0.15, -0.1) is 0 Å². The number of benzene rings is 1. The minimum atomic E-state index is -0.264.